The van der Waals surface area contributed by atoms with E-state index in [4.69, 9.17) is 15.0 Å². The summed E-state index contributed by atoms with van der Waals surface area (Å²) < 4.78 is 78.6. The molecule has 24 heavy (non-hydrogen) atoms. The molecule has 1 aromatic rings. The highest BCUT2D eigenvalue weighted by Crippen LogP contribution is 2.39. The molecule has 0 bridgehead atoms. The van der Waals surface area contributed by atoms with Gasteiger partial charge >= 0.3 is 7.12 Å². The average Bonchev–Trinajstić information content (AvgIpc) is 2.71. The Bertz CT molecular complexity index is 661. The van der Waals surface area contributed by atoms with Crippen LogP contribution in [0, 0.1) is 29.1 Å². The van der Waals surface area contributed by atoms with Crippen molar-refractivity contribution in [3.05, 3.63) is 40.1 Å². The maximum atomic E-state index is 13.8. The molecule has 2 N–H and O–H groups in total. The van der Waals surface area contributed by atoms with Crippen LogP contribution < -0.4 is 5.73 Å². The molecular formula is C15H17BF5NO2. The minimum atomic E-state index is -2.22. The molecule has 1 heterocycles. The van der Waals surface area contributed by atoms with Crippen molar-refractivity contribution in [2.45, 2.75) is 38.9 Å². The zero-order valence-corrected chi connectivity index (χ0v) is 13.6. The van der Waals surface area contributed by atoms with Crippen LogP contribution >= 0.6 is 0 Å². The van der Waals surface area contributed by atoms with Gasteiger partial charge in [-0.15, -0.1) is 0 Å². The third-order valence-electron chi connectivity index (χ3n) is 4.37. The van der Waals surface area contributed by atoms with Gasteiger partial charge in [0.15, 0.2) is 23.3 Å². The minimum Gasteiger partial charge on any atom is -0.400 e. The van der Waals surface area contributed by atoms with E-state index in [2.05, 4.69) is 0 Å². The zero-order valence-electron chi connectivity index (χ0n) is 13.6. The van der Waals surface area contributed by atoms with Crippen molar-refractivity contribution in [2.24, 2.45) is 5.73 Å². The normalized spacial score (nSPS) is 19.9. The van der Waals surface area contributed by atoms with E-state index in [9.17, 15) is 22.0 Å². The van der Waals surface area contributed by atoms with Gasteiger partial charge in [-0.05, 0) is 33.2 Å². The van der Waals surface area contributed by atoms with Crippen LogP contribution in [-0.4, -0.2) is 24.9 Å². The highest BCUT2D eigenvalue weighted by molar-refractivity contribution is 6.55. The number of rotatable bonds is 3. The highest BCUT2D eigenvalue weighted by atomic mass is 19.2. The van der Waals surface area contributed by atoms with Gasteiger partial charge in [0.1, 0.15) is 0 Å². The largest absolute Gasteiger partial charge is 0.491 e. The lowest BCUT2D eigenvalue weighted by molar-refractivity contribution is 0.00578. The van der Waals surface area contributed by atoms with Crippen LogP contribution in [0.25, 0.3) is 6.08 Å². The van der Waals surface area contributed by atoms with Gasteiger partial charge in [0, 0.05) is 6.54 Å². The first kappa shape index (κ1) is 18.9. The van der Waals surface area contributed by atoms with Gasteiger partial charge in [-0.3, -0.25) is 0 Å². The second kappa shape index (κ2) is 6.13. The van der Waals surface area contributed by atoms with Crippen molar-refractivity contribution in [2.75, 3.05) is 6.54 Å². The van der Waals surface area contributed by atoms with Crippen molar-refractivity contribution >= 4 is 13.2 Å². The summed E-state index contributed by atoms with van der Waals surface area (Å²) in [5.41, 5.74) is 3.02. The Morgan fingerprint density at radius 3 is 1.62 bits per heavy atom. The summed E-state index contributed by atoms with van der Waals surface area (Å²) in [6.07, 6.45) is 0.776. The number of benzene rings is 1. The molecule has 1 aliphatic rings. The fourth-order valence-electron chi connectivity index (χ4n) is 2.15. The second-order valence-electron chi connectivity index (χ2n) is 6.50. The number of hydrogen-bond acceptors (Lipinski definition) is 3. The molecule has 1 aromatic carbocycles. The molecule has 0 spiro atoms. The van der Waals surface area contributed by atoms with E-state index in [1.807, 2.05) is 0 Å². The summed E-state index contributed by atoms with van der Waals surface area (Å²) >= 11 is 0. The standard InChI is InChI=1S/C15H17BF5NO2/c1-14(2)15(3,4)24-16(23-14)7(6-22)5-8-9(17)11(19)13(21)12(20)10(8)18/h5H,6,22H2,1-4H3. The van der Waals surface area contributed by atoms with E-state index in [0.29, 0.717) is 0 Å². The van der Waals surface area contributed by atoms with Crippen molar-refractivity contribution < 1.29 is 31.3 Å². The molecule has 2 rings (SSSR count). The van der Waals surface area contributed by atoms with Crippen LogP contribution in [0.1, 0.15) is 33.3 Å². The minimum absolute atomic E-state index is 0.0526. The maximum Gasteiger partial charge on any atom is 0.491 e. The Labute approximate surface area is 136 Å². The average molecular weight is 349 g/mol. The van der Waals surface area contributed by atoms with Gasteiger partial charge in [-0.25, -0.2) is 22.0 Å². The highest BCUT2D eigenvalue weighted by Gasteiger charge is 2.52. The Hall–Kier alpha value is -1.45. The van der Waals surface area contributed by atoms with Crippen molar-refractivity contribution in [1.29, 1.82) is 0 Å². The van der Waals surface area contributed by atoms with Gasteiger partial charge in [0.25, 0.3) is 0 Å². The lowest BCUT2D eigenvalue weighted by Gasteiger charge is -2.32. The molecule has 0 aromatic heterocycles. The summed E-state index contributed by atoms with van der Waals surface area (Å²) in [4.78, 5) is 0. The maximum absolute atomic E-state index is 13.8. The van der Waals surface area contributed by atoms with Crippen molar-refractivity contribution in [3.8, 4) is 0 Å². The van der Waals surface area contributed by atoms with Gasteiger partial charge in [0.2, 0.25) is 5.82 Å². The molecule has 0 radical (unpaired) electrons. The first-order chi connectivity index (χ1) is 10.9. The smallest absolute Gasteiger partial charge is 0.400 e. The third kappa shape index (κ3) is 2.96. The molecule has 3 nitrogen and oxygen atoms in total. The fraction of sp³-hybridized carbons (Fsp3) is 0.467. The van der Waals surface area contributed by atoms with E-state index in [1.165, 1.54) is 0 Å². The van der Waals surface area contributed by atoms with Crippen LogP contribution in [0.3, 0.4) is 0 Å². The number of halogens is 5. The van der Waals surface area contributed by atoms with E-state index in [0.717, 1.165) is 6.08 Å². The number of hydrogen-bond donors (Lipinski definition) is 1. The lowest BCUT2D eigenvalue weighted by atomic mass is 9.77. The first-order valence-electron chi connectivity index (χ1n) is 7.20. The molecule has 1 aliphatic heterocycles. The third-order valence-corrected chi connectivity index (χ3v) is 4.37. The van der Waals surface area contributed by atoms with Gasteiger partial charge in [0.05, 0.1) is 16.8 Å². The number of nitrogens with two attached hydrogens (primary N) is 1. The summed E-state index contributed by atoms with van der Waals surface area (Å²) in [5, 5.41) is 0. The Balaban J connectivity index is 2.51. The zero-order chi connectivity index (χ0) is 18.4. The lowest BCUT2D eigenvalue weighted by Crippen LogP contribution is -2.41. The quantitative estimate of drug-likeness (QED) is 0.394. The SMILES string of the molecule is CC1(C)OB(C(=Cc2c(F)c(F)c(F)c(F)c2F)CN)OC1(C)C. The molecule has 9 heteroatoms. The van der Waals surface area contributed by atoms with Crippen LogP contribution in [0.4, 0.5) is 22.0 Å². The van der Waals surface area contributed by atoms with Crippen LogP contribution in [0.2, 0.25) is 0 Å². The predicted molar refractivity (Wildman–Crippen MR) is 79.3 cm³/mol. The van der Waals surface area contributed by atoms with Gasteiger partial charge < -0.3 is 15.0 Å². The second-order valence-corrected chi connectivity index (χ2v) is 6.50. The first-order valence-corrected chi connectivity index (χ1v) is 7.20. The summed E-state index contributed by atoms with van der Waals surface area (Å²) in [5.74, 6) is -10.1. The molecule has 132 valence electrons. The van der Waals surface area contributed by atoms with Crippen LogP contribution in [0.15, 0.2) is 5.47 Å². The molecule has 1 saturated heterocycles. The molecule has 0 saturated carbocycles. The Kier molecular flexibility index (Phi) is 4.82. The monoisotopic (exact) mass is 349 g/mol. The van der Waals surface area contributed by atoms with Gasteiger partial charge in [-0.1, -0.05) is 6.08 Å². The van der Waals surface area contributed by atoms with E-state index in [-0.39, 0.29) is 12.0 Å². The van der Waals surface area contributed by atoms with Crippen molar-refractivity contribution in [3.63, 3.8) is 0 Å². The van der Waals surface area contributed by atoms with Crippen LogP contribution in [0.5, 0.6) is 0 Å². The van der Waals surface area contributed by atoms with Crippen LogP contribution in [-0.2, 0) is 9.31 Å². The topological polar surface area (TPSA) is 44.5 Å². The molecule has 0 aliphatic carbocycles. The predicted octanol–water partition coefficient (Wildman–Crippen LogP) is 3.36. The molecule has 0 amide bonds. The molecular weight excluding hydrogens is 332 g/mol. The molecule has 0 atom stereocenters. The Morgan fingerprint density at radius 2 is 1.25 bits per heavy atom. The molecule has 0 unspecified atom stereocenters. The summed E-state index contributed by atoms with van der Waals surface area (Å²) in [6, 6.07) is 0. The van der Waals surface area contributed by atoms with Gasteiger partial charge in [-0.2, -0.15) is 0 Å². The van der Waals surface area contributed by atoms with Crippen molar-refractivity contribution in [1.82, 2.24) is 0 Å². The molecule has 1 fully saturated rings. The van der Waals surface area contributed by atoms with E-state index >= 15 is 0 Å². The van der Waals surface area contributed by atoms with E-state index in [1.54, 1.807) is 27.7 Å². The van der Waals surface area contributed by atoms with E-state index < -0.39 is 53.0 Å². The fourth-order valence-corrected chi connectivity index (χ4v) is 2.15. The Morgan fingerprint density at radius 1 is 0.875 bits per heavy atom. The summed E-state index contributed by atoms with van der Waals surface area (Å²) in [7, 11) is -1.06. The summed E-state index contributed by atoms with van der Waals surface area (Å²) in [6.45, 7) is 6.74.